The molecule has 2 rings (SSSR count). The van der Waals surface area contributed by atoms with Crippen LogP contribution in [0.2, 0.25) is 0 Å². The Labute approximate surface area is 118 Å². The fourth-order valence-corrected chi connectivity index (χ4v) is 1.69. The van der Waals surface area contributed by atoms with E-state index in [1.165, 1.54) is 30.3 Å². The average Bonchev–Trinajstić information content (AvgIpc) is 2.40. The number of hydrogen-bond acceptors (Lipinski definition) is 4. The maximum atomic E-state index is 12.1. The minimum atomic E-state index is -4.77. The van der Waals surface area contributed by atoms with E-state index in [0.717, 1.165) is 12.1 Å². The fraction of sp³-hybridized carbons (Fsp3) is 0.0714. The second-order valence-corrected chi connectivity index (χ2v) is 4.25. The van der Waals surface area contributed by atoms with Crippen molar-refractivity contribution in [3.63, 3.8) is 0 Å². The zero-order valence-electron chi connectivity index (χ0n) is 10.6. The summed E-state index contributed by atoms with van der Waals surface area (Å²) in [7, 11) is 0. The van der Waals surface area contributed by atoms with Gasteiger partial charge >= 0.3 is 6.36 Å². The van der Waals surface area contributed by atoms with Gasteiger partial charge in [0.1, 0.15) is 5.75 Å². The third-order valence-corrected chi connectivity index (χ3v) is 2.70. The van der Waals surface area contributed by atoms with Crippen LogP contribution in [0.4, 0.5) is 24.5 Å². The number of ketones is 1. The Hall–Kier alpha value is -2.70. The molecule has 0 fully saturated rings. The maximum absolute atomic E-state index is 12.1. The molecule has 4 nitrogen and oxygen atoms in total. The van der Waals surface area contributed by atoms with Crippen molar-refractivity contribution in [1.29, 1.82) is 0 Å². The van der Waals surface area contributed by atoms with Gasteiger partial charge in [0, 0.05) is 11.1 Å². The summed E-state index contributed by atoms with van der Waals surface area (Å²) in [6, 6.07) is 9.03. The fourth-order valence-electron chi connectivity index (χ4n) is 1.69. The summed E-state index contributed by atoms with van der Waals surface area (Å²) in [5, 5.41) is 0. The molecular weight excluding hydrogens is 285 g/mol. The molecule has 0 bridgehead atoms. The molecule has 0 saturated heterocycles. The van der Waals surface area contributed by atoms with E-state index in [-0.39, 0.29) is 17.0 Å². The quantitative estimate of drug-likeness (QED) is 0.674. The topological polar surface area (TPSA) is 78.3 Å². The van der Waals surface area contributed by atoms with Crippen molar-refractivity contribution in [1.82, 2.24) is 0 Å². The van der Waals surface area contributed by atoms with E-state index < -0.39 is 12.1 Å². The lowest BCUT2D eigenvalue weighted by Crippen LogP contribution is -2.17. The van der Waals surface area contributed by atoms with E-state index in [9.17, 15) is 18.0 Å². The number of benzene rings is 2. The van der Waals surface area contributed by atoms with Crippen molar-refractivity contribution in [2.75, 3.05) is 11.5 Å². The lowest BCUT2D eigenvalue weighted by molar-refractivity contribution is -0.274. The number of ether oxygens (including phenoxy) is 1. The normalized spacial score (nSPS) is 11.2. The van der Waals surface area contributed by atoms with Gasteiger partial charge in [0.15, 0.2) is 5.78 Å². The summed E-state index contributed by atoms with van der Waals surface area (Å²) in [6.45, 7) is 0. The number of carbonyl (C=O) groups is 1. The number of nitrogen functional groups attached to an aromatic ring is 2. The zero-order chi connectivity index (χ0) is 15.6. The molecule has 0 unspecified atom stereocenters. The minimum Gasteiger partial charge on any atom is -0.406 e. The second kappa shape index (κ2) is 5.35. The van der Waals surface area contributed by atoms with Gasteiger partial charge in [-0.15, -0.1) is 13.2 Å². The number of hydrogen-bond donors (Lipinski definition) is 2. The van der Waals surface area contributed by atoms with E-state index in [0.29, 0.717) is 11.3 Å². The molecule has 0 spiro atoms. The van der Waals surface area contributed by atoms with Gasteiger partial charge < -0.3 is 16.2 Å². The first kappa shape index (κ1) is 14.7. The van der Waals surface area contributed by atoms with Crippen LogP contribution in [0.1, 0.15) is 15.9 Å². The van der Waals surface area contributed by atoms with Crippen LogP contribution in [0.15, 0.2) is 42.5 Å². The van der Waals surface area contributed by atoms with Gasteiger partial charge in [-0.2, -0.15) is 0 Å². The Morgan fingerprint density at radius 1 is 0.905 bits per heavy atom. The lowest BCUT2D eigenvalue weighted by atomic mass is 10.0. The molecule has 0 saturated carbocycles. The summed E-state index contributed by atoms with van der Waals surface area (Å²) in [6.07, 6.45) is -4.77. The number of halogens is 3. The van der Waals surface area contributed by atoms with Crippen LogP contribution >= 0.6 is 0 Å². The monoisotopic (exact) mass is 296 g/mol. The van der Waals surface area contributed by atoms with Gasteiger partial charge in [0.2, 0.25) is 0 Å². The Kier molecular flexibility index (Phi) is 3.75. The van der Waals surface area contributed by atoms with Crippen molar-refractivity contribution >= 4 is 17.2 Å². The largest absolute Gasteiger partial charge is 0.573 e. The van der Waals surface area contributed by atoms with Crippen LogP contribution in [-0.2, 0) is 0 Å². The van der Waals surface area contributed by atoms with Crippen molar-refractivity contribution < 1.29 is 22.7 Å². The van der Waals surface area contributed by atoms with Crippen LogP contribution in [-0.4, -0.2) is 12.1 Å². The number of carbonyl (C=O) groups excluding carboxylic acids is 1. The smallest absolute Gasteiger partial charge is 0.406 e. The molecule has 2 aromatic carbocycles. The molecule has 7 heteroatoms. The molecule has 21 heavy (non-hydrogen) atoms. The summed E-state index contributed by atoms with van der Waals surface area (Å²) in [5.74, 6) is -0.767. The van der Waals surface area contributed by atoms with Gasteiger partial charge in [-0.05, 0) is 42.5 Å². The Morgan fingerprint density at radius 2 is 1.48 bits per heavy atom. The molecule has 2 aromatic rings. The van der Waals surface area contributed by atoms with Gasteiger partial charge in [0.25, 0.3) is 0 Å². The van der Waals surface area contributed by atoms with Crippen LogP contribution < -0.4 is 16.2 Å². The number of nitrogens with two attached hydrogens (primary N) is 2. The number of alkyl halides is 3. The van der Waals surface area contributed by atoms with Crippen LogP contribution in [0, 0.1) is 0 Å². The van der Waals surface area contributed by atoms with E-state index >= 15 is 0 Å². The predicted molar refractivity (Wildman–Crippen MR) is 71.8 cm³/mol. The minimum absolute atomic E-state index is 0.216. The van der Waals surface area contributed by atoms with Crippen molar-refractivity contribution in [2.24, 2.45) is 0 Å². The molecule has 0 heterocycles. The Bertz CT molecular complexity index is 667. The van der Waals surface area contributed by atoms with Crippen LogP contribution in [0.3, 0.4) is 0 Å². The first-order chi connectivity index (χ1) is 9.76. The molecule has 0 aromatic heterocycles. The molecular formula is C14H11F3N2O2. The predicted octanol–water partition coefficient (Wildman–Crippen LogP) is 2.98. The third-order valence-electron chi connectivity index (χ3n) is 2.70. The standard InChI is InChI=1S/C14H11F3N2O2/c15-14(16,17)21-10-4-1-8(2-5-10)13(20)9-3-6-11(18)12(19)7-9/h1-7H,18-19H2. The van der Waals surface area contributed by atoms with Crippen LogP contribution in [0.5, 0.6) is 5.75 Å². The van der Waals surface area contributed by atoms with E-state index in [4.69, 9.17) is 11.5 Å². The van der Waals surface area contributed by atoms with E-state index in [2.05, 4.69) is 4.74 Å². The second-order valence-electron chi connectivity index (χ2n) is 4.25. The third kappa shape index (κ3) is 3.65. The van der Waals surface area contributed by atoms with Gasteiger partial charge in [-0.1, -0.05) is 0 Å². The molecule has 0 amide bonds. The lowest BCUT2D eigenvalue weighted by Gasteiger charge is -2.09. The highest BCUT2D eigenvalue weighted by Gasteiger charge is 2.31. The summed E-state index contributed by atoms with van der Waals surface area (Å²) in [4.78, 5) is 12.1. The Morgan fingerprint density at radius 3 is 2.00 bits per heavy atom. The highest BCUT2D eigenvalue weighted by molar-refractivity contribution is 6.09. The van der Waals surface area contributed by atoms with Crippen molar-refractivity contribution in [3.05, 3.63) is 53.6 Å². The summed E-state index contributed by atoms with van der Waals surface area (Å²) < 4.78 is 39.8. The summed E-state index contributed by atoms with van der Waals surface area (Å²) in [5.41, 5.74) is 12.3. The first-order valence-electron chi connectivity index (χ1n) is 5.82. The van der Waals surface area contributed by atoms with Crippen LogP contribution in [0.25, 0.3) is 0 Å². The van der Waals surface area contributed by atoms with Crippen molar-refractivity contribution in [2.45, 2.75) is 6.36 Å². The highest BCUT2D eigenvalue weighted by Crippen LogP contribution is 2.24. The molecule has 4 N–H and O–H groups in total. The molecule has 0 radical (unpaired) electrons. The first-order valence-corrected chi connectivity index (χ1v) is 5.82. The zero-order valence-corrected chi connectivity index (χ0v) is 10.6. The van der Waals surface area contributed by atoms with E-state index in [1.807, 2.05) is 0 Å². The average molecular weight is 296 g/mol. The molecule has 110 valence electrons. The number of anilines is 2. The number of rotatable bonds is 3. The van der Waals surface area contributed by atoms with Crippen molar-refractivity contribution in [3.8, 4) is 5.75 Å². The molecule has 0 atom stereocenters. The van der Waals surface area contributed by atoms with E-state index in [1.54, 1.807) is 0 Å². The maximum Gasteiger partial charge on any atom is 0.573 e. The van der Waals surface area contributed by atoms with Gasteiger partial charge in [-0.3, -0.25) is 4.79 Å². The SMILES string of the molecule is Nc1ccc(C(=O)c2ccc(OC(F)(F)F)cc2)cc1N. The molecule has 0 aliphatic heterocycles. The Balaban J connectivity index is 2.22. The van der Waals surface area contributed by atoms with Gasteiger partial charge in [-0.25, -0.2) is 0 Å². The molecule has 0 aliphatic rings. The molecule has 0 aliphatic carbocycles. The van der Waals surface area contributed by atoms with Gasteiger partial charge in [0.05, 0.1) is 11.4 Å². The highest BCUT2D eigenvalue weighted by atomic mass is 19.4. The summed E-state index contributed by atoms with van der Waals surface area (Å²) >= 11 is 0.